The van der Waals surface area contributed by atoms with Crippen LogP contribution in [0.3, 0.4) is 0 Å². The maximum absolute atomic E-state index is 4.01. The van der Waals surface area contributed by atoms with Crippen LogP contribution in [-0.4, -0.2) is 49.1 Å². The highest BCUT2D eigenvalue weighted by molar-refractivity contribution is 5.11. The number of allylic oxidation sites excluding steroid dienone is 1. The van der Waals surface area contributed by atoms with Crippen LogP contribution >= 0.6 is 0 Å². The van der Waals surface area contributed by atoms with Crippen LogP contribution in [0.15, 0.2) is 11.6 Å². The second kappa shape index (κ2) is 5.13. The third-order valence-electron chi connectivity index (χ3n) is 3.75. The predicted octanol–water partition coefficient (Wildman–Crippen LogP) is 1.94. The van der Waals surface area contributed by atoms with E-state index in [4.69, 9.17) is 0 Å². The average Bonchev–Trinajstić information content (AvgIpc) is 2.30. The largest absolute Gasteiger partial charge is 0.304 e. The van der Waals surface area contributed by atoms with Gasteiger partial charge in [0.05, 0.1) is 0 Å². The van der Waals surface area contributed by atoms with Gasteiger partial charge in [-0.25, -0.2) is 0 Å². The zero-order valence-electron chi connectivity index (χ0n) is 9.91. The van der Waals surface area contributed by atoms with E-state index in [9.17, 15) is 0 Å². The summed E-state index contributed by atoms with van der Waals surface area (Å²) in [5.74, 6) is 0. The van der Waals surface area contributed by atoms with E-state index in [-0.39, 0.29) is 0 Å². The van der Waals surface area contributed by atoms with E-state index in [1.54, 1.807) is 5.57 Å². The first-order chi connectivity index (χ1) is 7.29. The second-order valence-electron chi connectivity index (χ2n) is 4.87. The van der Waals surface area contributed by atoms with E-state index >= 15 is 0 Å². The van der Waals surface area contributed by atoms with E-state index in [0.717, 1.165) is 6.42 Å². The van der Waals surface area contributed by atoms with Crippen molar-refractivity contribution in [3.05, 3.63) is 18.6 Å². The van der Waals surface area contributed by atoms with Crippen molar-refractivity contribution in [2.75, 3.05) is 33.2 Å². The Kier molecular flexibility index (Phi) is 3.81. The van der Waals surface area contributed by atoms with Crippen molar-refractivity contribution in [2.45, 2.75) is 31.7 Å². The lowest BCUT2D eigenvalue weighted by Crippen LogP contribution is -2.48. The van der Waals surface area contributed by atoms with Gasteiger partial charge in [-0.1, -0.05) is 11.6 Å². The van der Waals surface area contributed by atoms with Gasteiger partial charge in [-0.05, 0) is 39.7 Å². The molecule has 1 atom stereocenters. The van der Waals surface area contributed by atoms with E-state index in [1.807, 2.05) is 0 Å². The van der Waals surface area contributed by atoms with Crippen molar-refractivity contribution in [3.8, 4) is 0 Å². The Morgan fingerprint density at radius 2 is 2.07 bits per heavy atom. The summed E-state index contributed by atoms with van der Waals surface area (Å²) in [4.78, 5) is 5.07. The molecule has 1 radical (unpaired) electrons. The lowest BCUT2D eigenvalue weighted by atomic mass is 9.93. The van der Waals surface area contributed by atoms with Crippen LogP contribution in [0.2, 0.25) is 0 Å². The van der Waals surface area contributed by atoms with E-state index in [1.165, 1.54) is 45.4 Å². The van der Waals surface area contributed by atoms with Crippen LogP contribution in [0.4, 0.5) is 0 Å². The Balaban J connectivity index is 1.92. The minimum atomic E-state index is 0.712. The van der Waals surface area contributed by atoms with Gasteiger partial charge in [-0.15, -0.1) is 0 Å². The Morgan fingerprint density at radius 3 is 2.73 bits per heavy atom. The maximum Gasteiger partial charge on any atom is 0.0282 e. The molecule has 2 nitrogen and oxygen atoms in total. The first-order valence-corrected chi connectivity index (χ1v) is 6.21. The third-order valence-corrected chi connectivity index (χ3v) is 3.75. The molecule has 15 heavy (non-hydrogen) atoms. The number of hydrogen-bond acceptors (Lipinski definition) is 2. The summed E-state index contributed by atoms with van der Waals surface area (Å²) in [5.41, 5.74) is 1.57. The van der Waals surface area contributed by atoms with Gasteiger partial charge in [0.2, 0.25) is 0 Å². The Bertz CT molecular complexity index is 227. The molecule has 2 heteroatoms. The van der Waals surface area contributed by atoms with Gasteiger partial charge in [0.15, 0.2) is 0 Å². The number of likely N-dealkylation sites (N-methyl/N-ethyl adjacent to an activating group) is 1. The lowest BCUT2D eigenvalue weighted by Gasteiger charge is -2.38. The summed E-state index contributed by atoms with van der Waals surface area (Å²) in [7, 11) is 2.22. The highest BCUT2D eigenvalue weighted by atomic mass is 15.3. The molecule has 1 unspecified atom stereocenters. The molecule has 2 aliphatic rings. The summed E-state index contributed by atoms with van der Waals surface area (Å²) >= 11 is 0. The molecule has 1 aliphatic carbocycles. The van der Waals surface area contributed by atoms with Crippen molar-refractivity contribution in [3.63, 3.8) is 0 Å². The lowest BCUT2D eigenvalue weighted by molar-refractivity contribution is 0.122. The Hall–Kier alpha value is -0.340. The molecule has 2 rings (SSSR count). The molecule has 1 heterocycles. The zero-order valence-corrected chi connectivity index (χ0v) is 9.91. The summed E-state index contributed by atoms with van der Waals surface area (Å²) in [5, 5.41) is 0. The van der Waals surface area contributed by atoms with Gasteiger partial charge in [-0.3, -0.25) is 4.90 Å². The molecule has 1 aliphatic heterocycles. The molecule has 85 valence electrons. The van der Waals surface area contributed by atoms with Crippen LogP contribution in [0.5, 0.6) is 0 Å². The number of hydrogen-bond donors (Lipinski definition) is 0. The van der Waals surface area contributed by atoms with Gasteiger partial charge >= 0.3 is 0 Å². The number of nitrogens with zero attached hydrogens (tertiary/aromatic N) is 2. The molecular formula is C13H23N2. The van der Waals surface area contributed by atoms with E-state index in [2.05, 4.69) is 29.8 Å². The topological polar surface area (TPSA) is 6.48 Å². The highest BCUT2D eigenvalue weighted by Crippen LogP contribution is 2.24. The number of rotatable bonds is 2. The normalized spacial score (nSPS) is 30.3. The maximum atomic E-state index is 4.01. The zero-order chi connectivity index (χ0) is 10.7. The van der Waals surface area contributed by atoms with Crippen LogP contribution < -0.4 is 0 Å². The summed E-state index contributed by atoms with van der Waals surface area (Å²) in [6.07, 6.45) is 7.49. The quantitative estimate of drug-likeness (QED) is 0.638. The van der Waals surface area contributed by atoms with Gasteiger partial charge < -0.3 is 4.90 Å². The van der Waals surface area contributed by atoms with Crippen molar-refractivity contribution < 1.29 is 0 Å². The second-order valence-corrected chi connectivity index (χ2v) is 4.87. The van der Waals surface area contributed by atoms with Crippen LogP contribution in [0, 0.1) is 6.92 Å². The van der Waals surface area contributed by atoms with Crippen molar-refractivity contribution in [1.82, 2.24) is 9.80 Å². The minimum absolute atomic E-state index is 0.712. The Labute approximate surface area is 93.9 Å². The molecule has 0 bridgehead atoms. The minimum Gasteiger partial charge on any atom is -0.304 e. The fourth-order valence-corrected chi connectivity index (χ4v) is 2.63. The fraction of sp³-hybridized carbons (Fsp3) is 0.769. The summed E-state index contributed by atoms with van der Waals surface area (Å²) in [6, 6.07) is 0.712. The van der Waals surface area contributed by atoms with E-state index < -0.39 is 0 Å². The molecule has 0 aromatic carbocycles. The molecule has 1 saturated heterocycles. The standard InChI is InChI=1S/C13H23N2/c1-3-12-5-4-6-13(11-12)15-9-7-14(2)8-10-15/h11,13H,1,3-10H2,2H3. The molecule has 0 spiro atoms. The first kappa shape index (κ1) is 11.2. The molecule has 1 fully saturated rings. The monoisotopic (exact) mass is 207 g/mol. The van der Waals surface area contributed by atoms with Gasteiger partial charge in [-0.2, -0.15) is 0 Å². The SMILES string of the molecule is [CH2]CC1=CC(N2CCN(C)CC2)CCC1. The molecular weight excluding hydrogens is 184 g/mol. The summed E-state index contributed by atoms with van der Waals surface area (Å²) in [6.45, 7) is 8.93. The van der Waals surface area contributed by atoms with Gasteiger partial charge in [0.1, 0.15) is 0 Å². The van der Waals surface area contributed by atoms with E-state index in [0.29, 0.717) is 6.04 Å². The molecule has 0 aromatic rings. The molecule has 0 aromatic heterocycles. The fourth-order valence-electron chi connectivity index (χ4n) is 2.63. The summed E-state index contributed by atoms with van der Waals surface area (Å²) < 4.78 is 0. The molecule has 0 N–H and O–H groups in total. The van der Waals surface area contributed by atoms with Crippen molar-refractivity contribution in [1.29, 1.82) is 0 Å². The average molecular weight is 207 g/mol. The number of piperazine rings is 1. The first-order valence-electron chi connectivity index (χ1n) is 6.21. The smallest absolute Gasteiger partial charge is 0.0282 e. The predicted molar refractivity (Wildman–Crippen MR) is 64.8 cm³/mol. The van der Waals surface area contributed by atoms with Crippen molar-refractivity contribution in [2.24, 2.45) is 0 Å². The highest BCUT2D eigenvalue weighted by Gasteiger charge is 2.22. The molecule has 0 saturated carbocycles. The van der Waals surface area contributed by atoms with Gasteiger partial charge in [0.25, 0.3) is 0 Å². The molecule has 0 amide bonds. The van der Waals surface area contributed by atoms with Gasteiger partial charge in [0, 0.05) is 32.2 Å². The van der Waals surface area contributed by atoms with Crippen LogP contribution in [0.25, 0.3) is 0 Å². The third kappa shape index (κ3) is 2.82. The van der Waals surface area contributed by atoms with Crippen LogP contribution in [0.1, 0.15) is 25.7 Å². The Morgan fingerprint density at radius 1 is 1.33 bits per heavy atom. The van der Waals surface area contributed by atoms with Crippen LogP contribution in [-0.2, 0) is 0 Å². The van der Waals surface area contributed by atoms with Crippen molar-refractivity contribution >= 4 is 0 Å².